The molecule has 2 aliphatic heterocycles. The lowest BCUT2D eigenvalue weighted by atomic mass is 9.88. The largest absolute Gasteiger partial charge is 0.475 e. The first-order chi connectivity index (χ1) is 15.0. The first-order valence-corrected chi connectivity index (χ1v) is 11.3. The Bertz CT molecular complexity index is 961. The third-order valence-corrected chi connectivity index (χ3v) is 6.54. The van der Waals surface area contributed by atoms with Crippen molar-refractivity contribution in [2.75, 3.05) is 26.4 Å². The average molecular weight is 429 g/mol. The van der Waals surface area contributed by atoms with Gasteiger partial charge in [-0.2, -0.15) is 4.98 Å². The lowest BCUT2D eigenvalue weighted by molar-refractivity contribution is -0.102. The van der Waals surface area contributed by atoms with Gasteiger partial charge in [-0.1, -0.05) is 32.0 Å². The minimum absolute atomic E-state index is 0.144. The number of aliphatic hydroxyl groups is 1. The molecule has 0 radical (unpaired) electrons. The maximum atomic E-state index is 12.6. The van der Waals surface area contributed by atoms with Gasteiger partial charge in [0.1, 0.15) is 12.7 Å². The zero-order valence-electron chi connectivity index (χ0n) is 18.4. The lowest BCUT2D eigenvalue weighted by Gasteiger charge is -2.26. The van der Waals surface area contributed by atoms with Crippen molar-refractivity contribution in [1.82, 2.24) is 9.55 Å². The molecule has 0 spiro atoms. The van der Waals surface area contributed by atoms with Crippen LogP contribution >= 0.6 is 0 Å². The molecule has 1 aromatic carbocycles. The molecule has 1 aromatic heterocycles. The quantitative estimate of drug-likeness (QED) is 0.696. The van der Waals surface area contributed by atoms with Crippen LogP contribution in [-0.2, 0) is 28.9 Å². The van der Waals surface area contributed by atoms with Crippen LogP contribution in [0, 0.1) is 0 Å². The number of rotatable bonds is 8. The van der Waals surface area contributed by atoms with Gasteiger partial charge in [-0.25, -0.2) is 4.79 Å². The monoisotopic (exact) mass is 428 g/mol. The highest BCUT2D eigenvalue weighted by atomic mass is 16.6. The maximum absolute atomic E-state index is 12.6. The molecule has 7 heteroatoms. The van der Waals surface area contributed by atoms with Crippen molar-refractivity contribution >= 4 is 0 Å². The summed E-state index contributed by atoms with van der Waals surface area (Å²) in [7, 11) is 0. The standard InChI is InChI=1S/C24H32N2O5/c1-3-24(28,4-2)9-7-17-5-6-20-18(13-17)8-10-26-21(20)14-22(25-23(26)27)31-16-19-15-29-11-12-30-19/h5-6,13-14,19,28H,3-4,7-12,15-16H2,1-2H3/t19-/m0/s1. The van der Waals surface area contributed by atoms with Crippen LogP contribution < -0.4 is 10.4 Å². The Morgan fingerprint density at radius 1 is 1.26 bits per heavy atom. The van der Waals surface area contributed by atoms with E-state index in [1.54, 1.807) is 4.57 Å². The fourth-order valence-electron chi connectivity index (χ4n) is 4.28. The lowest BCUT2D eigenvalue weighted by Crippen LogP contribution is -2.34. The predicted octanol–water partition coefficient (Wildman–Crippen LogP) is 2.74. The fraction of sp³-hybridized carbons (Fsp3) is 0.583. The smallest absolute Gasteiger partial charge is 0.351 e. The van der Waals surface area contributed by atoms with E-state index in [9.17, 15) is 9.90 Å². The van der Waals surface area contributed by atoms with Crippen LogP contribution in [0.2, 0.25) is 0 Å². The molecule has 1 saturated heterocycles. The molecule has 0 aliphatic carbocycles. The van der Waals surface area contributed by atoms with Gasteiger partial charge in [0, 0.05) is 18.2 Å². The number of hydrogen-bond donors (Lipinski definition) is 1. The zero-order valence-corrected chi connectivity index (χ0v) is 18.4. The van der Waals surface area contributed by atoms with E-state index in [2.05, 4.69) is 23.2 Å². The van der Waals surface area contributed by atoms with Crippen LogP contribution in [0.3, 0.4) is 0 Å². The molecule has 1 N–H and O–H groups in total. The Labute approximate surface area is 183 Å². The van der Waals surface area contributed by atoms with E-state index in [0.29, 0.717) is 38.9 Å². The minimum Gasteiger partial charge on any atom is -0.475 e. The number of hydrogen-bond acceptors (Lipinski definition) is 6. The van der Waals surface area contributed by atoms with E-state index < -0.39 is 5.60 Å². The second kappa shape index (κ2) is 9.51. The maximum Gasteiger partial charge on any atom is 0.351 e. The van der Waals surface area contributed by atoms with Gasteiger partial charge in [0.2, 0.25) is 5.88 Å². The van der Waals surface area contributed by atoms with Crippen molar-refractivity contribution in [3.8, 4) is 17.1 Å². The van der Waals surface area contributed by atoms with Crippen molar-refractivity contribution in [3.05, 3.63) is 45.9 Å². The van der Waals surface area contributed by atoms with Gasteiger partial charge in [0.25, 0.3) is 0 Å². The highest BCUT2D eigenvalue weighted by molar-refractivity contribution is 5.67. The number of fused-ring (bicyclic) bond motifs is 3. The third kappa shape index (κ3) is 5.00. The second-order valence-corrected chi connectivity index (χ2v) is 8.47. The van der Waals surface area contributed by atoms with Crippen molar-refractivity contribution in [2.24, 2.45) is 0 Å². The summed E-state index contributed by atoms with van der Waals surface area (Å²) in [6, 6.07) is 8.23. The molecule has 7 nitrogen and oxygen atoms in total. The molecular formula is C24H32N2O5. The van der Waals surface area contributed by atoms with Crippen LogP contribution in [0.5, 0.6) is 5.88 Å². The van der Waals surface area contributed by atoms with Crippen LogP contribution in [0.25, 0.3) is 11.3 Å². The Kier molecular flexibility index (Phi) is 6.74. The van der Waals surface area contributed by atoms with Crippen LogP contribution in [-0.4, -0.2) is 52.8 Å². The van der Waals surface area contributed by atoms with E-state index >= 15 is 0 Å². The summed E-state index contributed by atoms with van der Waals surface area (Å²) < 4.78 is 18.5. The Morgan fingerprint density at radius 2 is 2.10 bits per heavy atom. The molecule has 0 bridgehead atoms. The van der Waals surface area contributed by atoms with Crippen LogP contribution in [0.4, 0.5) is 0 Å². The molecule has 31 heavy (non-hydrogen) atoms. The molecule has 0 amide bonds. The van der Waals surface area contributed by atoms with Crippen LogP contribution in [0.15, 0.2) is 29.1 Å². The fourth-order valence-corrected chi connectivity index (χ4v) is 4.28. The van der Waals surface area contributed by atoms with E-state index in [1.807, 2.05) is 19.9 Å². The molecule has 3 heterocycles. The normalized spacial score (nSPS) is 18.4. The van der Waals surface area contributed by atoms with Crippen molar-refractivity contribution in [2.45, 2.75) is 64.2 Å². The molecule has 0 saturated carbocycles. The summed E-state index contributed by atoms with van der Waals surface area (Å²) in [5.41, 5.74) is 3.42. The highest BCUT2D eigenvalue weighted by Crippen LogP contribution is 2.31. The number of nitrogens with zero attached hydrogens (tertiary/aromatic N) is 2. The molecule has 2 aliphatic rings. The molecule has 1 atom stereocenters. The van der Waals surface area contributed by atoms with Gasteiger partial charge in [-0.05, 0) is 43.2 Å². The van der Waals surface area contributed by atoms with E-state index in [1.165, 1.54) is 11.1 Å². The van der Waals surface area contributed by atoms with Gasteiger partial charge in [-0.15, -0.1) is 0 Å². The Morgan fingerprint density at radius 3 is 2.84 bits per heavy atom. The van der Waals surface area contributed by atoms with Crippen LogP contribution in [0.1, 0.15) is 44.2 Å². The first-order valence-electron chi connectivity index (χ1n) is 11.3. The van der Waals surface area contributed by atoms with Gasteiger partial charge in [0.05, 0.1) is 31.1 Å². The summed E-state index contributed by atoms with van der Waals surface area (Å²) >= 11 is 0. The summed E-state index contributed by atoms with van der Waals surface area (Å²) in [6.45, 7) is 6.62. The number of aromatic nitrogens is 2. The predicted molar refractivity (Wildman–Crippen MR) is 118 cm³/mol. The van der Waals surface area contributed by atoms with Gasteiger partial charge >= 0.3 is 5.69 Å². The Balaban J connectivity index is 1.52. The summed E-state index contributed by atoms with van der Waals surface area (Å²) in [6.07, 6.45) is 3.76. The zero-order chi connectivity index (χ0) is 21.8. The number of ether oxygens (including phenoxy) is 3. The minimum atomic E-state index is -0.596. The second-order valence-electron chi connectivity index (χ2n) is 8.47. The molecule has 1 fully saturated rings. The number of benzene rings is 1. The van der Waals surface area contributed by atoms with E-state index in [-0.39, 0.29) is 11.8 Å². The Hall–Kier alpha value is -2.22. The molecule has 2 aromatic rings. The third-order valence-electron chi connectivity index (χ3n) is 6.54. The molecule has 0 unspecified atom stereocenters. The molecule has 4 rings (SSSR count). The summed E-state index contributed by atoms with van der Waals surface area (Å²) in [5, 5.41) is 10.6. The van der Waals surface area contributed by atoms with Gasteiger partial charge in [-0.3, -0.25) is 4.57 Å². The SMILES string of the molecule is CCC(O)(CC)CCc1ccc2c(c1)CCn1c-2cc(OC[C@@H]2COCCO2)nc1=O. The van der Waals surface area contributed by atoms with Crippen molar-refractivity contribution < 1.29 is 19.3 Å². The summed E-state index contributed by atoms with van der Waals surface area (Å²) in [5.74, 6) is 0.318. The summed E-state index contributed by atoms with van der Waals surface area (Å²) in [4.78, 5) is 16.7. The van der Waals surface area contributed by atoms with Crippen molar-refractivity contribution in [1.29, 1.82) is 0 Å². The van der Waals surface area contributed by atoms with Gasteiger partial charge < -0.3 is 19.3 Å². The van der Waals surface area contributed by atoms with E-state index in [0.717, 1.165) is 43.4 Å². The van der Waals surface area contributed by atoms with Crippen molar-refractivity contribution in [3.63, 3.8) is 0 Å². The molecular weight excluding hydrogens is 396 g/mol. The highest BCUT2D eigenvalue weighted by Gasteiger charge is 2.23. The first kappa shape index (κ1) is 22.0. The van der Waals surface area contributed by atoms with E-state index in [4.69, 9.17) is 14.2 Å². The van der Waals surface area contributed by atoms with Gasteiger partial charge in [0.15, 0.2) is 0 Å². The topological polar surface area (TPSA) is 82.8 Å². The molecule has 168 valence electrons. The average Bonchev–Trinajstić information content (AvgIpc) is 2.81. The number of aryl methyl sites for hydroxylation is 2.